The summed E-state index contributed by atoms with van der Waals surface area (Å²) < 4.78 is 11.2. The van der Waals surface area contributed by atoms with E-state index in [0.717, 1.165) is 24.1 Å². The average molecular weight is 386 g/mol. The van der Waals surface area contributed by atoms with Crippen LogP contribution >= 0.6 is 0 Å². The molecular formula is C20H22N2O6. The Kier molecular flexibility index (Phi) is 6.10. The Labute approximate surface area is 162 Å². The molecule has 1 saturated heterocycles. The van der Waals surface area contributed by atoms with Crippen LogP contribution in [0, 0.1) is 10.1 Å². The van der Waals surface area contributed by atoms with E-state index in [9.17, 15) is 20.0 Å². The van der Waals surface area contributed by atoms with Gasteiger partial charge >= 0.3 is 5.97 Å². The number of methoxy groups -OCH3 is 1. The molecule has 8 nitrogen and oxygen atoms in total. The van der Waals surface area contributed by atoms with E-state index in [0.29, 0.717) is 24.5 Å². The van der Waals surface area contributed by atoms with E-state index in [1.807, 2.05) is 17.0 Å². The first-order valence-corrected chi connectivity index (χ1v) is 8.98. The smallest absolute Gasteiger partial charge is 0.320 e. The lowest BCUT2D eigenvalue weighted by Gasteiger charge is -2.21. The highest BCUT2D eigenvalue weighted by Gasteiger charge is 2.30. The molecule has 1 N–H and O–H groups in total. The van der Waals surface area contributed by atoms with Gasteiger partial charge in [0.1, 0.15) is 12.6 Å². The molecule has 0 aliphatic carbocycles. The Morgan fingerprint density at radius 3 is 2.57 bits per heavy atom. The molecule has 0 bridgehead atoms. The molecule has 0 radical (unpaired) electrons. The number of rotatable bonds is 8. The van der Waals surface area contributed by atoms with Crippen LogP contribution in [0.2, 0.25) is 0 Å². The Balaban J connectivity index is 1.66. The number of hydrogen-bond acceptors (Lipinski definition) is 6. The molecule has 0 aromatic heterocycles. The second-order valence-electron chi connectivity index (χ2n) is 6.66. The molecule has 1 aliphatic heterocycles. The largest absolute Gasteiger partial charge is 0.493 e. The zero-order chi connectivity index (χ0) is 20.1. The monoisotopic (exact) mass is 386 g/mol. The molecule has 0 saturated carbocycles. The predicted octanol–water partition coefficient (Wildman–Crippen LogP) is 3.23. The van der Waals surface area contributed by atoms with Crippen molar-refractivity contribution >= 4 is 11.7 Å². The van der Waals surface area contributed by atoms with Gasteiger partial charge in [-0.15, -0.1) is 0 Å². The highest BCUT2D eigenvalue weighted by atomic mass is 16.6. The number of benzene rings is 2. The van der Waals surface area contributed by atoms with E-state index >= 15 is 0 Å². The molecule has 1 fully saturated rings. The third-order valence-corrected chi connectivity index (χ3v) is 4.80. The first-order chi connectivity index (χ1) is 13.5. The molecule has 1 heterocycles. The van der Waals surface area contributed by atoms with E-state index in [-0.39, 0.29) is 12.3 Å². The van der Waals surface area contributed by atoms with Crippen LogP contribution in [0.1, 0.15) is 24.0 Å². The number of nitro groups is 1. The Morgan fingerprint density at radius 2 is 1.93 bits per heavy atom. The minimum atomic E-state index is -0.785. The van der Waals surface area contributed by atoms with Crippen LogP contribution < -0.4 is 9.47 Å². The number of likely N-dealkylation sites (tertiary alicyclic amines) is 1. The lowest BCUT2D eigenvalue weighted by atomic mass is 10.1. The summed E-state index contributed by atoms with van der Waals surface area (Å²) in [6.45, 7) is 1.55. The number of hydrogen-bond donors (Lipinski definition) is 1. The van der Waals surface area contributed by atoms with E-state index in [1.165, 1.54) is 12.1 Å². The van der Waals surface area contributed by atoms with Crippen LogP contribution in [0.15, 0.2) is 42.5 Å². The zero-order valence-corrected chi connectivity index (χ0v) is 15.5. The molecule has 2 aromatic rings. The second kappa shape index (κ2) is 8.71. The van der Waals surface area contributed by atoms with Gasteiger partial charge in [0.2, 0.25) is 0 Å². The average Bonchev–Trinajstić information content (AvgIpc) is 3.15. The molecular weight excluding hydrogens is 364 g/mol. The van der Waals surface area contributed by atoms with E-state index in [2.05, 4.69) is 0 Å². The van der Waals surface area contributed by atoms with Crippen molar-refractivity contribution in [3.05, 3.63) is 63.7 Å². The number of non-ortho nitro benzene ring substituents is 1. The minimum absolute atomic E-state index is 0.0345. The zero-order valence-electron chi connectivity index (χ0n) is 15.5. The van der Waals surface area contributed by atoms with Crippen LogP contribution in [0.5, 0.6) is 11.5 Å². The number of ether oxygens (including phenoxy) is 2. The summed E-state index contributed by atoms with van der Waals surface area (Å²) in [6, 6.07) is 11.3. The fourth-order valence-corrected chi connectivity index (χ4v) is 3.33. The summed E-state index contributed by atoms with van der Waals surface area (Å²) >= 11 is 0. The Morgan fingerprint density at radius 1 is 1.21 bits per heavy atom. The standard InChI is InChI=1S/C20H22N2O6/c1-27-19-11-15(12-21-10-2-3-17(21)20(23)24)6-9-18(19)28-13-14-4-7-16(8-5-14)22(25)26/h4-9,11,17H,2-3,10,12-13H2,1H3,(H,23,24)/t17-/m1/s1. The third kappa shape index (κ3) is 4.58. The lowest BCUT2D eigenvalue weighted by Crippen LogP contribution is -2.35. The summed E-state index contributed by atoms with van der Waals surface area (Å²) in [7, 11) is 1.55. The van der Waals surface area contributed by atoms with Crippen molar-refractivity contribution in [2.45, 2.75) is 32.0 Å². The van der Waals surface area contributed by atoms with Crippen molar-refractivity contribution in [2.24, 2.45) is 0 Å². The predicted molar refractivity (Wildman–Crippen MR) is 101 cm³/mol. The van der Waals surface area contributed by atoms with Crippen LogP contribution in [0.4, 0.5) is 5.69 Å². The third-order valence-electron chi connectivity index (χ3n) is 4.80. The lowest BCUT2D eigenvalue weighted by molar-refractivity contribution is -0.384. The van der Waals surface area contributed by atoms with Crippen LogP contribution in [-0.2, 0) is 17.9 Å². The number of aliphatic carboxylic acids is 1. The van der Waals surface area contributed by atoms with E-state index in [4.69, 9.17) is 9.47 Å². The molecule has 0 spiro atoms. The molecule has 2 aromatic carbocycles. The number of carboxylic acids is 1. The molecule has 1 aliphatic rings. The molecule has 8 heteroatoms. The maximum absolute atomic E-state index is 11.3. The topological polar surface area (TPSA) is 102 Å². The van der Waals surface area contributed by atoms with Crippen LogP contribution in [0.25, 0.3) is 0 Å². The van der Waals surface area contributed by atoms with Crippen molar-refractivity contribution < 1.29 is 24.3 Å². The van der Waals surface area contributed by atoms with Gasteiger partial charge in [-0.25, -0.2) is 0 Å². The first kappa shape index (κ1) is 19.6. The number of nitrogens with zero attached hydrogens (tertiary/aromatic N) is 2. The minimum Gasteiger partial charge on any atom is -0.493 e. The molecule has 1 atom stereocenters. The fraction of sp³-hybridized carbons (Fsp3) is 0.350. The quantitative estimate of drug-likeness (QED) is 0.549. The summed E-state index contributed by atoms with van der Waals surface area (Å²) in [4.78, 5) is 23.6. The summed E-state index contributed by atoms with van der Waals surface area (Å²) in [5.41, 5.74) is 1.79. The molecule has 0 unspecified atom stereocenters. The normalized spacial score (nSPS) is 16.7. The van der Waals surface area contributed by atoms with Crippen molar-refractivity contribution in [3.63, 3.8) is 0 Å². The van der Waals surface area contributed by atoms with Gasteiger partial charge in [0.25, 0.3) is 5.69 Å². The second-order valence-corrected chi connectivity index (χ2v) is 6.66. The van der Waals surface area contributed by atoms with Gasteiger partial charge in [-0.05, 0) is 54.8 Å². The van der Waals surface area contributed by atoms with Crippen LogP contribution in [0.3, 0.4) is 0 Å². The highest BCUT2D eigenvalue weighted by molar-refractivity contribution is 5.73. The van der Waals surface area contributed by atoms with Gasteiger partial charge in [0.05, 0.1) is 12.0 Å². The SMILES string of the molecule is COc1cc(CN2CCC[C@@H]2C(=O)O)ccc1OCc1ccc([N+](=O)[O-])cc1. The van der Waals surface area contributed by atoms with E-state index < -0.39 is 16.9 Å². The van der Waals surface area contributed by atoms with E-state index in [1.54, 1.807) is 25.3 Å². The summed E-state index contributed by atoms with van der Waals surface area (Å²) in [5, 5.41) is 20.0. The van der Waals surface area contributed by atoms with Crippen molar-refractivity contribution in [2.75, 3.05) is 13.7 Å². The van der Waals surface area contributed by atoms with Crippen LogP contribution in [-0.4, -0.2) is 40.6 Å². The highest BCUT2D eigenvalue weighted by Crippen LogP contribution is 2.30. The van der Waals surface area contributed by atoms with Gasteiger partial charge in [0, 0.05) is 18.7 Å². The maximum atomic E-state index is 11.3. The van der Waals surface area contributed by atoms with Crippen molar-refractivity contribution in [3.8, 4) is 11.5 Å². The molecule has 28 heavy (non-hydrogen) atoms. The maximum Gasteiger partial charge on any atom is 0.320 e. The number of carboxylic acid groups (broad SMARTS) is 1. The summed E-state index contributed by atoms with van der Waals surface area (Å²) in [6.07, 6.45) is 1.55. The molecule has 148 valence electrons. The van der Waals surface area contributed by atoms with Gasteiger partial charge in [0.15, 0.2) is 11.5 Å². The number of nitro benzene ring substituents is 1. The Bertz CT molecular complexity index is 852. The van der Waals surface area contributed by atoms with Gasteiger partial charge in [-0.1, -0.05) is 6.07 Å². The summed E-state index contributed by atoms with van der Waals surface area (Å²) in [5.74, 6) is 0.332. The van der Waals surface area contributed by atoms with Crippen molar-refractivity contribution in [1.29, 1.82) is 0 Å². The number of carbonyl (C=O) groups is 1. The molecule has 0 amide bonds. The Hall–Kier alpha value is -3.13. The fourth-order valence-electron chi connectivity index (χ4n) is 3.33. The molecule has 3 rings (SSSR count). The first-order valence-electron chi connectivity index (χ1n) is 8.98. The van der Waals surface area contributed by atoms with Gasteiger partial charge in [-0.3, -0.25) is 19.8 Å². The van der Waals surface area contributed by atoms with Crippen molar-refractivity contribution in [1.82, 2.24) is 4.90 Å². The van der Waals surface area contributed by atoms with Gasteiger partial charge in [-0.2, -0.15) is 0 Å². The van der Waals surface area contributed by atoms with Gasteiger partial charge < -0.3 is 14.6 Å².